The molecule has 0 N–H and O–H groups in total. The van der Waals surface area contributed by atoms with E-state index in [1.165, 1.54) is 0 Å². The van der Waals surface area contributed by atoms with Crippen molar-refractivity contribution in [1.82, 2.24) is 14.8 Å². The normalized spacial score (nSPS) is 21.1. The van der Waals surface area contributed by atoms with Gasteiger partial charge in [-0.2, -0.15) is 0 Å². The number of aromatic nitrogens is 1. The highest BCUT2D eigenvalue weighted by Gasteiger charge is 2.42. The van der Waals surface area contributed by atoms with E-state index < -0.39 is 0 Å². The van der Waals surface area contributed by atoms with E-state index in [1.807, 2.05) is 28.9 Å². The molecule has 1 atom stereocenters. The zero-order valence-electron chi connectivity index (χ0n) is 15.8. The Labute approximate surface area is 160 Å². The van der Waals surface area contributed by atoms with E-state index in [0.717, 1.165) is 50.2 Å². The Morgan fingerprint density at radius 3 is 2.62 bits per heavy atom. The molecule has 2 aliphatic heterocycles. The Morgan fingerprint density at radius 1 is 1.27 bits per heavy atom. The number of thioether (sulfide) groups is 1. The van der Waals surface area contributed by atoms with Crippen LogP contribution < -0.4 is 0 Å². The lowest BCUT2D eigenvalue weighted by Crippen LogP contribution is -2.52. The number of likely N-dealkylation sites (tertiary alicyclic amines) is 2. The number of carbonyl (C=O) groups is 2. The minimum Gasteiger partial charge on any atom is -0.342 e. The average Bonchev–Trinajstić information content (AvgIpc) is 2.66. The molecule has 6 heteroatoms. The number of amides is 2. The maximum atomic E-state index is 12.6. The van der Waals surface area contributed by atoms with Gasteiger partial charge in [-0.05, 0) is 55.1 Å². The molecule has 3 heterocycles. The largest absolute Gasteiger partial charge is 0.342 e. The van der Waals surface area contributed by atoms with Gasteiger partial charge in [-0.1, -0.05) is 6.92 Å². The first-order valence-electron chi connectivity index (χ1n) is 9.60. The summed E-state index contributed by atoms with van der Waals surface area (Å²) in [5.41, 5.74) is 1.31. The topological polar surface area (TPSA) is 53.5 Å². The Balaban J connectivity index is 1.59. The second kappa shape index (κ2) is 8.42. The molecule has 0 aromatic carbocycles. The number of piperidine rings is 2. The van der Waals surface area contributed by atoms with Gasteiger partial charge in [-0.25, -0.2) is 0 Å². The van der Waals surface area contributed by atoms with Gasteiger partial charge in [0.25, 0.3) is 0 Å². The van der Waals surface area contributed by atoms with Crippen LogP contribution in [-0.2, 0) is 16.1 Å². The summed E-state index contributed by atoms with van der Waals surface area (Å²) in [5, 5.41) is 0.0465. The van der Waals surface area contributed by atoms with E-state index in [2.05, 4.69) is 11.9 Å². The summed E-state index contributed by atoms with van der Waals surface area (Å²) in [6, 6.07) is 3.95. The van der Waals surface area contributed by atoms with Gasteiger partial charge in [0.15, 0.2) is 0 Å². The van der Waals surface area contributed by atoms with Crippen LogP contribution in [0.2, 0.25) is 0 Å². The zero-order valence-corrected chi connectivity index (χ0v) is 16.6. The Kier molecular flexibility index (Phi) is 6.22. The number of nitrogens with zero attached hydrogens (tertiary/aromatic N) is 3. The van der Waals surface area contributed by atoms with Gasteiger partial charge in [0.2, 0.25) is 11.8 Å². The van der Waals surface area contributed by atoms with E-state index in [0.29, 0.717) is 13.0 Å². The minimum atomic E-state index is 0.0465. The molecule has 2 amide bonds. The quantitative estimate of drug-likeness (QED) is 0.794. The SMILES string of the molecule is CCS[C@@H](C)C(=O)N1CCC2(CCC(=O)N(Cc3ccncc3)C2)CC1. The number of hydrogen-bond acceptors (Lipinski definition) is 4. The molecule has 2 saturated heterocycles. The van der Waals surface area contributed by atoms with E-state index in [4.69, 9.17) is 0 Å². The lowest BCUT2D eigenvalue weighted by Gasteiger charge is -2.47. The van der Waals surface area contributed by atoms with Crippen molar-refractivity contribution in [2.24, 2.45) is 5.41 Å². The summed E-state index contributed by atoms with van der Waals surface area (Å²) in [6.45, 7) is 7.23. The van der Waals surface area contributed by atoms with Crippen LogP contribution in [0.4, 0.5) is 0 Å². The Morgan fingerprint density at radius 2 is 1.96 bits per heavy atom. The second-order valence-electron chi connectivity index (χ2n) is 7.53. The van der Waals surface area contributed by atoms with Crippen molar-refractivity contribution in [3.63, 3.8) is 0 Å². The van der Waals surface area contributed by atoms with Crippen molar-refractivity contribution in [2.75, 3.05) is 25.4 Å². The summed E-state index contributed by atoms with van der Waals surface area (Å²) >= 11 is 1.71. The molecule has 0 aliphatic carbocycles. The zero-order chi connectivity index (χ0) is 18.6. The van der Waals surface area contributed by atoms with Gasteiger partial charge < -0.3 is 9.80 Å². The Bertz CT molecular complexity index is 629. The molecule has 1 spiro atoms. The third kappa shape index (κ3) is 4.40. The maximum Gasteiger partial charge on any atom is 0.235 e. The van der Waals surface area contributed by atoms with Crippen LogP contribution in [0.3, 0.4) is 0 Å². The van der Waals surface area contributed by atoms with E-state index in [9.17, 15) is 9.59 Å². The minimum absolute atomic E-state index is 0.0465. The molecule has 1 aromatic heterocycles. The van der Waals surface area contributed by atoms with Crippen molar-refractivity contribution in [3.8, 4) is 0 Å². The molecule has 1 aromatic rings. The lowest BCUT2D eigenvalue weighted by atomic mass is 9.72. The predicted octanol–water partition coefficient (Wildman–Crippen LogP) is 2.95. The van der Waals surface area contributed by atoms with Crippen LogP contribution in [-0.4, -0.2) is 57.2 Å². The van der Waals surface area contributed by atoms with Crippen LogP contribution in [0, 0.1) is 5.41 Å². The molecule has 0 saturated carbocycles. The van der Waals surface area contributed by atoms with Gasteiger partial charge in [0.05, 0.1) is 5.25 Å². The maximum absolute atomic E-state index is 12.6. The first-order valence-corrected chi connectivity index (χ1v) is 10.6. The van der Waals surface area contributed by atoms with Crippen molar-refractivity contribution in [3.05, 3.63) is 30.1 Å². The molecule has 0 unspecified atom stereocenters. The van der Waals surface area contributed by atoms with Crippen molar-refractivity contribution >= 4 is 23.6 Å². The third-order valence-corrected chi connectivity index (χ3v) is 6.81. The summed E-state index contributed by atoms with van der Waals surface area (Å²) in [6.07, 6.45) is 7.14. The summed E-state index contributed by atoms with van der Waals surface area (Å²) in [4.78, 5) is 33.0. The summed E-state index contributed by atoms with van der Waals surface area (Å²) < 4.78 is 0. The van der Waals surface area contributed by atoms with Crippen molar-refractivity contribution < 1.29 is 9.59 Å². The van der Waals surface area contributed by atoms with Crippen LogP contribution in [0.15, 0.2) is 24.5 Å². The lowest BCUT2D eigenvalue weighted by molar-refractivity contribution is -0.142. The van der Waals surface area contributed by atoms with Gasteiger partial charge in [0, 0.05) is 45.0 Å². The van der Waals surface area contributed by atoms with Gasteiger partial charge in [-0.3, -0.25) is 14.6 Å². The van der Waals surface area contributed by atoms with Crippen molar-refractivity contribution in [1.29, 1.82) is 0 Å². The molecule has 2 fully saturated rings. The smallest absolute Gasteiger partial charge is 0.235 e. The highest BCUT2D eigenvalue weighted by atomic mass is 32.2. The Hall–Kier alpha value is -1.56. The molecule has 0 radical (unpaired) electrons. The van der Waals surface area contributed by atoms with Crippen LogP contribution >= 0.6 is 11.8 Å². The monoisotopic (exact) mass is 375 g/mol. The summed E-state index contributed by atoms with van der Waals surface area (Å²) in [5.74, 6) is 1.49. The fourth-order valence-corrected chi connectivity index (χ4v) is 4.93. The van der Waals surface area contributed by atoms with Crippen molar-refractivity contribution in [2.45, 2.75) is 51.3 Å². The second-order valence-corrected chi connectivity index (χ2v) is 9.15. The fourth-order valence-electron chi connectivity index (χ4n) is 4.14. The fraction of sp³-hybridized carbons (Fsp3) is 0.650. The van der Waals surface area contributed by atoms with E-state index >= 15 is 0 Å². The van der Waals surface area contributed by atoms with Crippen LogP contribution in [0.1, 0.15) is 45.1 Å². The molecular formula is C20H29N3O2S. The first kappa shape index (κ1) is 19.2. The summed E-state index contributed by atoms with van der Waals surface area (Å²) in [7, 11) is 0. The molecule has 0 bridgehead atoms. The predicted molar refractivity (Wildman–Crippen MR) is 105 cm³/mol. The van der Waals surface area contributed by atoms with Gasteiger partial charge in [-0.15, -0.1) is 11.8 Å². The number of hydrogen-bond donors (Lipinski definition) is 0. The molecule has 142 valence electrons. The highest BCUT2D eigenvalue weighted by molar-refractivity contribution is 8.00. The number of carbonyl (C=O) groups excluding carboxylic acids is 2. The van der Waals surface area contributed by atoms with Gasteiger partial charge in [0.1, 0.15) is 0 Å². The molecule has 5 nitrogen and oxygen atoms in total. The molecule has 3 rings (SSSR count). The van der Waals surface area contributed by atoms with E-state index in [1.54, 1.807) is 24.2 Å². The number of rotatable bonds is 5. The number of pyridine rings is 1. The van der Waals surface area contributed by atoms with Gasteiger partial charge >= 0.3 is 0 Å². The highest BCUT2D eigenvalue weighted by Crippen LogP contribution is 2.40. The van der Waals surface area contributed by atoms with E-state index in [-0.39, 0.29) is 22.5 Å². The standard InChI is InChI=1S/C20H29N3O2S/c1-3-26-16(2)19(25)22-12-8-20(9-13-22)7-4-18(24)23(15-20)14-17-5-10-21-11-6-17/h5-6,10-11,16H,3-4,7-9,12-15H2,1-2H3/t16-/m0/s1. The van der Waals surface area contributed by atoms with Crippen LogP contribution in [0.5, 0.6) is 0 Å². The van der Waals surface area contributed by atoms with Crippen LogP contribution in [0.25, 0.3) is 0 Å². The third-order valence-electron chi connectivity index (χ3n) is 5.77. The average molecular weight is 376 g/mol. The molecule has 26 heavy (non-hydrogen) atoms. The molecular weight excluding hydrogens is 346 g/mol. The first-order chi connectivity index (χ1) is 12.5. The molecule has 2 aliphatic rings.